The molecule has 2 aromatic rings. The summed E-state index contributed by atoms with van der Waals surface area (Å²) in [5.74, 6) is -0.0239. The number of ether oxygens (including phenoxy) is 1. The summed E-state index contributed by atoms with van der Waals surface area (Å²) in [6.07, 6.45) is 2.82. The number of amides is 3. The highest BCUT2D eigenvalue weighted by atomic mass is 16.6. The summed E-state index contributed by atoms with van der Waals surface area (Å²) in [5, 5.41) is 10.7. The summed E-state index contributed by atoms with van der Waals surface area (Å²) < 4.78 is 5.74. The number of hydrogen-bond donors (Lipinski definition) is 1. The van der Waals surface area contributed by atoms with Crippen LogP contribution >= 0.6 is 0 Å². The summed E-state index contributed by atoms with van der Waals surface area (Å²) in [4.78, 5) is 52.8. The minimum absolute atomic E-state index is 0.0193. The lowest BCUT2D eigenvalue weighted by molar-refractivity contribution is -0.121. The van der Waals surface area contributed by atoms with Crippen LogP contribution in [0.5, 0.6) is 0 Å². The van der Waals surface area contributed by atoms with E-state index < -0.39 is 11.7 Å². The van der Waals surface area contributed by atoms with Crippen LogP contribution in [0, 0.1) is 0 Å². The first-order valence-corrected chi connectivity index (χ1v) is 16.3. The molecule has 244 valence electrons. The Labute approximate surface area is 267 Å². The number of fused-ring (bicyclic) bond motifs is 2. The Morgan fingerprint density at radius 1 is 1.18 bits per heavy atom. The van der Waals surface area contributed by atoms with Crippen molar-refractivity contribution in [2.24, 2.45) is 0 Å². The Morgan fingerprint density at radius 3 is 2.60 bits per heavy atom. The van der Waals surface area contributed by atoms with Crippen LogP contribution in [0.15, 0.2) is 36.5 Å². The van der Waals surface area contributed by atoms with Crippen LogP contribution in [0.3, 0.4) is 0 Å². The molecule has 3 amide bonds. The number of carbonyl (C=O) groups is 3. The topological polar surface area (TPSA) is 107 Å². The van der Waals surface area contributed by atoms with E-state index in [9.17, 15) is 19.5 Å². The van der Waals surface area contributed by atoms with Crippen molar-refractivity contribution < 1.29 is 24.2 Å². The van der Waals surface area contributed by atoms with Gasteiger partial charge in [-0.05, 0) is 58.2 Å². The summed E-state index contributed by atoms with van der Waals surface area (Å²) in [5.41, 5.74) is 3.15. The van der Waals surface area contributed by atoms with Crippen LogP contribution in [-0.4, -0.2) is 93.1 Å². The normalized spacial score (nSPS) is 22.0. The third kappa shape index (κ3) is 7.02. The fourth-order valence-electron chi connectivity index (χ4n) is 6.81. The number of pyridine rings is 1. The highest BCUT2D eigenvalue weighted by Crippen LogP contribution is 2.40. The third-order valence-corrected chi connectivity index (χ3v) is 9.17. The molecule has 4 heterocycles. The van der Waals surface area contributed by atoms with Gasteiger partial charge in [0.25, 0.3) is 5.91 Å². The van der Waals surface area contributed by atoms with Gasteiger partial charge in [0.1, 0.15) is 5.60 Å². The Morgan fingerprint density at radius 2 is 1.91 bits per heavy atom. The van der Waals surface area contributed by atoms with Crippen LogP contribution < -0.4 is 4.90 Å². The lowest BCUT2D eigenvalue weighted by atomic mass is 9.91. The molecule has 1 aromatic carbocycles. The smallest absolute Gasteiger partial charge is 0.410 e. The SMILES string of the molecule is CCCC(O)c1cnc2c(c1)N(C(=O)CN1CC(C)N(C(=O)OC(C)(C)C)CC1CCN1Cc3ccccc3C1=O)CC2(C)C. The first-order chi connectivity index (χ1) is 21.2. The van der Waals surface area contributed by atoms with Crippen molar-refractivity contribution in [1.82, 2.24) is 19.7 Å². The van der Waals surface area contributed by atoms with Crippen molar-refractivity contribution in [3.8, 4) is 0 Å². The van der Waals surface area contributed by atoms with Gasteiger partial charge in [-0.15, -0.1) is 0 Å². The van der Waals surface area contributed by atoms with Gasteiger partial charge in [-0.1, -0.05) is 45.4 Å². The van der Waals surface area contributed by atoms with E-state index in [1.54, 1.807) is 11.1 Å². The molecule has 3 atom stereocenters. The van der Waals surface area contributed by atoms with Gasteiger partial charge in [0, 0.05) is 67.5 Å². The van der Waals surface area contributed by atoms with Crippen LogP contribution in [0.2, 0.25) is 0 Å². The van der Waals surface area contributed by atoms with E-state index in [1.165, 1.54) is 0 Å². The van der Waals surface area contributed by atoms with Gasteiger partial charge in [-0.2, -0.15) is 0 Å². The Kier molecular flexibility index (Phi) is 9.29. The van der Waals surface area contributed by atoms with Gasteiger partial charge in [0.15, 0.2) is 0 Å². The number of aliphatic hydroxyl groups excluding tert-OH is 1. The molecule has 10 heteroatoms. The molecule has 0 saturated carbocycles. The average Bonchev–Trinajstić information content (AvgIpc) is 3.44. The second-order valence-corrected chi connectivity index (χ2v) is 14.5. The van der Waals surface area contributed by atoms with Crippen LogP contribution in [0.4, 0.5) is 10.5 Å². The third-order valence-electron chi connectivity index (χ3n) is 9.17. The van der Waals surface area contributed by atoms with Crippen LogP contribution in [0.1, 0.15) is 101 Å². The van der Waals surface area contributed by atoms with E-state index in [0.717, 1.165) is 34.5 Å². The van der Waals surface area contributed by atoms with Crippen molar-refractivity contribution in [3.63, 3.8) is 0 Å². The molecule has 10 nitrogen and oxygen atoms in total. The van der Waals surface area contributed by atoms with Crippen molar-refractivity contribution in [1.29, 1.82) is 0 Å². The maximum atomic E-state index is 14.1. The van der Waals surface area contributed by atoms with Gasteiger partial charge >= 0.3 is 6.09 Å². The molecular formula is C35H49N5O5. The number of carbonyl (C=O) groups excluding carboxylic acids is 3. The molecule has 5 rings (SSSR count). The summed E-state index contributed by atoms with van der Waals surface area (Å²) in [6, 6.07) is 9.29. The Hall–Kier alpha value is -3.50. The lowest BCUT2D eigenvalue weighted by Crippen LogP contribution is -2.61. The van der Waals surface area contributed by atoms with Crippen molar-refractivity contribution in [3.05, 3.63) is 58.9 Å². The molecule has 0 bridgehead atoms. The van der Waals surface area contributed by atoms with E-state index in [1.807, 2.05) is 74.8 Å². The van der Waals surface area contributed by atoms with Crippen molar-refractivity contribution >= 4 is 23.6 Å². The molecule has 3 unspecified atom stereocenters. The molecular weight excluding hydrogens is 570 g/mol. The van der Waals surface area contributed by atoms with Crippen LogP contribution in [0.25, 0.3) is 0 Å². The van der Waals surface area contributed by atoms with Crippen molar-refractivity contribution in [2.45, 2.75) is 103 Å². The van der Waals surface area contributed by atoms with Crippen molar-refractivity contribution in [2.75, 3.05) is 37.6 Å². The monoisotopic (exact) mass is 619 g/mol. The summed E-state index contributed by atoms with van der Waals surface area (Å²) in [7, 11) is 0. The second-order valence-electron chi connectivity index (χ2n) is 14.5. The Balaban J connectivity index is 1.35. The van der Waals surface area contributed by atoms with E-state index >= 15 is 0 Å². The zero-order chi connectivity index (χ0) is 32.7. The number of piperazine rings is 1. The quantitative estimate of drug-likeness (QED) is 0.448. The highest BCUT2D eigenvalue weighted by molar-refractivity contribution is 5.98. The predicted molar refractivity (Wildman–Crippen MR) is 173 cm³/mol. The maximum Gasteiger partial charge on any atom is 0.410 e. The largest absolute Gasteiger partial charge is 0.444 e. The molecule has 0 spiro atoms. The standard InChI is InChI=1S/C35H49N5O5/c1-8-11-29(41)25-16-28-31(36-17-25)35(6,7)22-40(28)30(42)21-38-18-23(2)39(33(44)45-34(3,4)5)20-26(38)14-15-37-19-24-12-9-10-13-27(24)32(37)43/h9-10,12-13,16-17,23,26,29,41H,8,11,14-15,18-22H2,1-7H3. The van der Waals surface area contributed by atoms with Gasteiger partial charge in [-0.25, -0.2) is 4.79 Å². The Bertz CT molecular complexity index is 1440. The molecule has 0 radical (unpaired) electrons. The molecule has 1 N–H and O–H groups in total. The first kappa shape index (κ1) is 32.9. The summed E-state index contributed by atoms with van der Waals surface area (Å²) >= 11 is 0. The average molecular weight is 620 g/mol. The number of benzene rings is 1. The molecule has 1 aromatic heterocycles. The van der Waals surface area contributed by atoms with Gasteiger partial charge < -0.3 is 24.5 Å². The minimum Gasteiger partial charge on any atom is -0.444 e. The fourth-order valence-corrected chi connectivity index (χ4v) is 6.81. The van der Waals surface area contributed by atoms with E-state index in [-0.39, 0.29) is 42.0 Å². The number of aromatic nitrogens is 1. The zero-order valence-electron chi connectivity index (χ0n) is 27.9. The molecule has 1 fully saturated rings. The van der Waals surface area contributed by atoms with Gasteiger partial charge in [0.2, 0.25) is 5.91 Å². The molecule has 0 aliphatic carbocycles. The van der Waals surface area contributed by atoms with E-state index in [4.69, 9.17) is 9.72 Å². The summed E-state index contributed by atoms with van der Waals surface area (Å²) in [6.45, 7) is 16.4. The minimum atomic E-state index is -0.626. The van der Waals surface area contributed by atoms with E-state index in [0.29, 0.717) is 45.6 Å². The first-order valence-electron chi connectivity index (χ1n) is 16.3. The zero-order valence-corrected chi connectivity index (χ0v) is 27.9. The number of nitrogens with zero attached hydrogens (tertiary/aromatic N) is 5. The van der Waals surface area contributed by atoms with Crippen LogP contribution in [-0.2, 0) is 21.5 Å². The number of aliphatic hydroxyl groups is 1. The molecule has 45 heavy (non-hydrogen) atoms. The van der Waals surface area contributed by atoms with Gasteiger partial charge in [0.05, 0.1) is 24.0 Å². The predicted octanol–water partition coefficient (Wildman–Crippen LogP) is 4.90. The molecule has 1 saturated heterocycles. The molecule has 3 aliphatic rings. The highest BCUT2D eigenvalue weighted by Gasteiger charge is 2.42. The van der Waals surface area contributed by atoms with E-state index in [2.05, 4.69) is 18.7 Å². The number of anilines is 1. The second kappa shape index (κ2) is 12.7. The lowest BCUT2D eigenvalue weighted by Gasteiger charge is -2.45. The molecule has 3 aliphatic heterocycles. The number of hydrogen-bond acceptors (Lipinski definition) is 7. The maximum absolute atomic E-state index is 14.1. The fraction of sp³-hybridized carbons (Fsp3) is 0.600. The number of rotatable bonds is 8. The van der Waals surface area contributed by atoms with Gasteiger partial charge in [-0.3, -0.25) is 19.5 Å².